The summed E-state index contributed by atoms with van der Waals surface area (Å²) in [7, 11) is 5.68. The number of hydrogen-bond acceptors (Lipinski definition) is 7. The first-order valence-electron chi connectivity index (χ1n) is 14.5. The highest BCUT2D eigenvalue weighted by Gasteiger charge is 2.27. The van der Waals surface area contributed by atoms with Gasteiger partial charge >= 0.3 is 5.97 Å². The Kier molecular flexibility index (Phi) is 10.7. The summed E-state index contributed by atoms with van der Waals surface area (Å²) >= 11 is 0. The lowest BCUT2D eigenvalue weighted by Gasteiger charge is -2.37. The van der Waals surface area contributed by atoms with E-state index in [1.54, 1.807) is 0 Å². The molecule has 0 saturated carbocycles. The Balaban J connectivity index is 1.43. The van der Waals surface area contributed by atoms with Crippen molar-refractivity contribution in [2.75, 3.05) is 34.3 Å². The number of allylic oxidation sites excluding steroid dienone is 2. The molecule has 2 aliphatic rings. The molecule has 0 spiro atoms. The number of nitrogens with one attached hydrogen (secondary N) is 1. The fourth-order valence-corrected chi connectivity index (χ4v) is 5.62. The molecule has 8 heteroatoms. The maximum atomic E-state index is 11.7. The van der Waals surface area contributed by atoms with Gasteiger partial charge in [0.15, 0.2) is 0 Å². The molecular weight excluding hydrogens is 500 g/mol. The van der Waals surface area contributed by atoms with Gasteiger partial charge in [0.1, 0.15) is 5.35 Å². The molecule has 8 nitrogen and oxygen atoms in total. The fourth-order valence-electron chi connectivity index (χ4n) is 5.62. The van der Waals surface area contributed by atoms with Crippen LogP contribution < -0.4 is 21.7 Å². The summed E-state index contributed by atoms with van der Waals surface area (Å²) < 4.78 is 7.16. The largest absolute Gasteiger partial charge is 0.469 e. The van der Waals surface area contributed by atoms with Gasteiger partial charge in [0.2, 0.25) is 0 Å². The molecule has 1 aliphatic heterocycles. The van der Waals surface area contributed by atoms with Crippen LogP contribution in [0, 0.1) is 0 Å². The molecule has 1 aromatic heterocycles. The highest BCUT2D eigenvalue weighted by Crippen LogP contribution is 2.23. The number of nitrogens with zero attached hydrogens (tertiary/aromatic N) is 4. The van der Waals surface area contributed by atoms with Crippen molar-refractivity contribution in [3.8, 4) is 0 Å². The molecule has 2 aromatic rings. The van der Waals surface area contributed by atoms with Crippen molar-refractivity contribution in [3.63, 3.8) is 0 Å². The maximum Gasteiger partial charge on any atom is 0.309 e. The number of carbonyl (C=O) groups is 1. The lowest BCUT2D eigenvalue weighted by Crippen LogP contribution is -2.49. The van der Waals surface area contributed by atoms with Crippen molar-refractivity contribution in [1.82, 2.24) is 24.7 Å². The molecule has 0 bridgehead atoms. The molecule has 0 saturated heterocycles. The minimum absolute atomic E-state index is 0.213. The summed E-state index contributed by atoms with van der Waals surface area (Å²) in [6, 6.07) is 9.17. The Morgan fingerprint density at radius 1 is 1.20 bits per heavy atom. The first-order chi connectivity index (χ1) is 19.4. The summed E-state index contributed by atoms with van der Waals surface area (Å²) in [4.78, 5) is 21.2. The number of rotatable bonds is 15. The van der Waals surface area contributed by atoms with Crippen molar-refractivity contribution in [3.05, 3.63) is 76.7 Å². The number of carbonyl (C=O) groups excluding carboxylic acids is 1. The fraction of sp³-hybridized carbons (Fsp3) is 0.500. The molecule has 0 radical (unpaired) electrons. The van der Waals surface area contributed by atoms with Gasteiger partial charge in [-0.05, 0) is 70.9 Å². The SMILES string of the molecule is COC(=O)Cc1cccc(CNC(CCCn2cnc3c2=C2C=CC=CC2N(C(C)CCN)C=3)CCN(C)C)c1. The topological polar surface area (TPSA) is 88.6 Å². The van der Waals surface area contributed by atoms with E-state index >= 15 is 0 Å². The van der Waals surface area contributed by atoms with E-state index in [-0.39, 0.29) is 12.0 Å². The number of benzene rings is 1. The Bertz CT molecular complexity index is 1310. The number of nitrogens with two attached hydrogens (primary N) is 1. The third kappa shape index (κ3) is 7.71. The zero-order valence-corrected chi connectivity index (χ0v) is 24.6. The van der Waals surface area contributed by atoms with Crippen LogP contribution in [0.3, 0.4) is 0 Å². The number of ether oxygens (including phenoxy) is 1. The number of imidazole rings is 1. The predicted octanol–water partition coefficient (Wildman–Crippen LogP) is 1.93. The second-order valence-corrected chi connectivity index (χ2v) is 11.2. The maximum absolute atomic E-state index is 11.7. The molecule has 3 N–H and O–H groups in total. The number of aromatic nitrogens is 2. The van der Waals surface area contributed by atoms with E-state index in [0.29, 0.717) is 25.0 Å². The van der Waals surface area contributed by atoms with Gasteiger partial charge in [0.25, 0.3) is 0 Å². The van der Waals surface area contributed by atoms with Crippen molar-refractivity contribution in [1.29, 1.82) is 0 Å². The van der Waals surface area contributed by atoms with Crippen LogP contribution in [0.1, 0.15) is 43.7 Å². The minimum Gasteiger partial charge on any atom is -0.469 e. The van der Waals surface area contributed by atoms with E-state index in [1.165, 1.54) is 23.6 Å². The molecular formula is C32H46N6O2. The lowest BCUT2D eigenvalue weighted by molar-refractivity contribution is -0.139. The van der Waals surface area contributed by atoms with E-state index in [1.807, 2.05) is 18.5 Å². The van der Waals surface area contributed by atoms with Gasteiger partial charge in [0, 0.05) is 36.9 Å². The predicted molar refractivity (Wildman–Crippen MR) is 162 cm³/mol. The smallest absolute Gasteiger partial charge is 0.309 e. The van der Waals surface area contributed by atoms with Gasteiger partial charge in [-0.2, -0.15) is 0 Å². The summed E-state index contributed by atoms with van der Waals surface area (Å²) in [6.07, 6.45) is 17.5. The Morgan fingerprint density at radius 3 is 2.80 bits per heavy atom. The number of aryl methyl sites for hydroxylation is 1. The molecule has 3 atom stereocenters. The van der Waals surface area contributed by atoms with Crippen LogP contribution in [0.5, 0.6) is 0 Å². The van der Waals surface area contributed by atoms with Crippen LogP contribution in [0.4, 0.5) is 0 Å². The van der Waals surface area contributed by atoms with Crippen LogP contribution in [0.2, 0.25) is 0 Å². The van der Waals surface area contributed by atoms with E-state index in [0.717, 1.165) is 56.2 Å². The summed E-state index contributed by atoms with van der Waals surface area (Å²) in [5.41, 5.74) is 9.36. The standard InChI is InChI=1S/C32H46N6O2/c1-24(14-16-33)38-22-29-32(28-12-5-6-13-30(28)38)37(23-35-29)17-8-11-27(15-18-36(2)3)34-21-26-10-7-9-25(19-26)20-31(39)40-4/h5-7,9-10,12-13,19,22-24,27,30,34H,8,11,14-18,20-21,33H2,1-4H3. The van der Waals surface area contributed by atoms with E-state index < -0.39 is 0 Å². The second kappa shape index (κ2) is 14.4. The Morgan fingerprint density at radius 2 is 2.02 bits per heavy atom. The van der Waals surface area contributed by atoms with Gasteiger partial charge in [-0.15, -0.1) is 0 Å². The van der Waals surface area contributed by atoms with Crippen LogP contribution in [0.25, 0.3) is 11.8 Å². The van der Waals surface area contributed by atoms with E-state index in [2.05, 4.69) is 83.3 Å². The third-order valence-electron chi connectivity index (χ3n) is 7.86. The average molecular weight is 547 g/mol. The molecule has 4 rings (SSSR count). The number of esters is 1. The summed E-state index contributed by atoms with van der Waals surface area (Å²) in [6.45, 7) is 5.65. The summed E-state index contributed by atoms with van der Waals surface area (Å²) in [5.74, 6) is -0.213. The lowest BCUT2D eigenvalue weighted by atomic mass is 9.96. The third-order valence-corrected chi connectivity index (χ3v) is 7.86. The second-order valence-electron chi connectivity index (χ2n) is 11.2. The monoisotopic (exact) mass is 546 g/mol. The average Bonchev–Trinajstić information content (AvgIpc) is 3.37. The zero-order chi connectivity index (χ0) is 28.5. The number of methoxy groups -OCH3 is 1. The Labute approximate surface area is 238 Å². The van der Waals surface area contributed by atoms with Crippen LogP contribution in [-0.2, 0) is 29.0 Å². The molecule has 3 unspecified atom stereocenters. The highest BCUT2D eigenvalue weighted by molar-refractivity contribution is 5.72. The van der Waals surface area contributed by atoms with Crippen molar-refractivity contribution >= 4 is 17.7 Å². The van der Waals surface area contributed by atoms with Crippen LogP contribution in [-0.4, -0.2) is 77.7 Å². The quantitative estimate of drug-likeness (QED) is 0.330. The molecule has 2 heterocycles. The van der Waals surface area contributed by atoms with Crippen molar-refractivity contribution < 1.29 is 9.53 Å². The van der Waals surface area contributed by atoms with Gasteiger partial charge in [-0.25, -0.2) is 4.98 Å². The van der Waals surface area contributed by atoms with E-state index in [4.69, 9.17) is 15.5 Å². The van der Waals surface area contributed by atoms with E-state index in [9.17, 15) is 4.79 Å². The van der Waals surface area contributed by atoms with Gasteiger partial charge < -0.3 is 30.2 Å². The molecule has 0 amide bonds. The van der Waals surface area contributed by atoms with Crippen molar-refractivity contribution in [2.24, 2.45) is 5.73 Å². The van der Waals surface area contributed by atoms with Gasteiger partial charge in [-0.3, -0.25) is 4.79 Å². The van der Waals surface area contributed by atoms with Gasteiger partial charge in [-0.1, -0.05) is 48.6 Å². The molecule has 1 aliphatic carbocycles. The zero-order valence-electron chi connectivity index (χ0n) is 24.6. The molecule has 40 heavy (non-hydrogen) atoms. The van der Waals surface area contributed by atoms with Crippen molar-refractivity contribution in [2.45, 2.75) is 70.2 Å². The summed E-state index contributed by atoms with van der Waals surface area (Å²) in [5, 5.41) is 6.07. The molecule has 0 fully saturated rings. The highest BCUT2D eigenvalue weighted by atomic mass is 16.5. The first kappa shape index (κ1) is 29.8. The number of hydrogen-bond donors (Lipinski definition) is 2. The molecule has 216 valence electrons. The molecule has 1 aromatic carbocycles. The normalized spacial score (nSPS) is 17.4. The minimum atomic E-state index is -0.213. The van der Waals surface area contributed by atoms with Crippen LogP contribution in [0.15, 0.2) is 54.9 Å². The van der Waals surface area contributed by atoms with Gasteiger partial charge in [0.05, 0.1) is 31.2 Å². The Hall–Kier alpha value is -3.20. The number of fused-ring (bicyclic) bond motifs is 2. The first-order valence-corrected chi connectivity index (χ1v) is 14.5. The van der Waals surface area contributed by atoms with Crippen LogP contribution >= 0.6 is 0 Å².